The lowest BCUT2D eigenvalue weighted by Crippen LogP contribution is -2.69. The molecule has 1 saturated heterocycles. The molecule has 0 aromatic carbocycles. The normalized spacial score (nSPS) is 33.0. The quantitative estimate of drug-likeness (QED) is 0.721. The SMILES string of the molecule is CC(C)CCOCCNC1C2CCCOC2C1(C)C. The number of rotatable bonds is 7. The Labute approximate surface area is 118 Å². The molecule has 0 bridgehead atoms. The van der Waals surface area contributed by atoms with Crippen molar-refractivity contribution in [3.8, 4) is 0 Å². The molecule has 2 aliphatic rings. The summed E-state index contributed by atoms with van der Waals surface area (Å²) in [4.78, 5) is 0. The first-order chi connectivity index (χ1) is 9.03. The summed E-state index contributed by atoms with van der Waals surface area (Å²) in [5, 5.41) is 3.69. The fraction of sp³-hybridized carbons (Fsp3) is 1.00. The molecule has 2 rings (SSSR count). The second kappa shape index (κ2) is 6.55. The number of ether oxygens (including phenoxy) is 2. The van der Waals surface area contributed by atoms with Crippen molar-refractivity contribution < 1.29 is 9.47 Å². The van der Waals surface area contributed by atoms with Gasteiger partial charge in [-0.25, -0.2) is 0 Å². The van der Waals surface area contributed by atoms with Crippen molar-refractivity contribution in [2.24, 2.45) is 17.3 Å². The average molecular weight is 269 g/mol. The molecular formula is C16H31NO2. The first-order valence-corrected chi connectivity index (χ1v) is 7.96. The van der Waals surface area contributed by atoms with Crippen molar-refractivity contribution >= 4 is 0 Å². The van der Waals surface area contributed by atoms with Crippen LogP contribution in [0.2, 0.25) is 0 Å². The van der Waals surface area contributed by atoms with Gasteiger partial charge in [0.1, 0.15) is 0 Å². The molecule has 1 saturated carbocycles. The number of hydrogen-bond donors (Lipinski definition) is 1. The first kappa shape index (κ1) is 15.3. The maximum atomic E-state index is 5.92. The zero-order chi connectivity index (χ0) is 13.9. The Hall–Kier alpha value is -0.120. The molecule has 1 aliphatic heterocycles. The first-order valence-electron chi connectivity index (χ1n) is 7.96. The van der Waals surface area contributed by atoms with E-state index < -0.39 is 0 Å². The summed E-state index contributed by atoms with van der Waals surface area (Å²) in [5.41, 5.74) is 0.281. The van der Waals surface area contributed by atoms with Crippen LogP contribution < -0.4 is 5.32 Å². The minimum absolute atomic E-state index is 0.281. The summed E-state index contributed by atoms with van der Waals surface area (Å²) in [7, 11) is 0. The molecular weight excluding hydrogens is 238 g/mol. The number of fused-ring (bicyclic) bond motifs is 1. The van der Waals surface area contributed by atoms with Gasteiger partial charge in [0.2, 0.25) is 0 Å². The van der Waals surface area contributed by atoms with Crippen LogP contribution in [0.1, 0.15) is 47.0 Å². The fourth-order valence-corrected chi connectivity index (χ4v) is 3.64. The second-order valence-corrected chi connectivity index (χ2v) is 7.15. The highest BCUT2D eigenvalue weighted by Gasteiger charge is 2.57. The van der Waals surface area contributed by atoms with Crippen LogP contribution >= 0.6 is 0 Å². The van der Waals surface area contributed by atoms with Crippen LogP contribution in [0.15, 0.2) is 0 Å². The minimum Gasteiger partial charge on any atom is -0.380 e. The van der Waals surface area contributed by atoms with Gasteiger partial charge in [-0.15, -0.1) is 0 Å². The largest absolute Gasteiger partial charge is 0.380 e. The standard InChI is InChI=1S/C16H31NO2/c1-12(2)7-10-18-11-8-17-14-13-6-5-9-19-15(13)16(14,3)4/h12-15,17H,5-11H2,1-4H3. The van der Waals surface area contributed by atoms with Crippen molar-refractivity contribution in [2.45, 2.75) is 59.1 Å². The van der Waals surface area contributed by atoms with E-state index in [1.807, 2.05) is 0 Å². The lowest BCUT2D eigenvalue weighted by molar-refractivity contribution is -0.192. The summed E-state index contributed by atoms with van der Waals surface area (Å²) in [6.45, 7) is 12.8. The molecule has 0 spiro atoms. The van der Waals surface area contributed by atoms with Crippen molar-refractivity contribution in [3.63, 3.8) is 0 Å². The lowest BCUT2D eigenvalue weighted by atomic mass is 9.55. The monoisotopic (exact) mass is 269 g/mol. The van der Waals surface area contributed by atoms with Crippen molar-refractivity contribution in [2.75, 3.05) is 26.4 Å². The van der Waals surface area contributed by atoms with Crippen LogP contribution in [0.5, 0.6) is 0 Å². The molecule has 1 N–H and O–H groups in total. The molecule has 3 atom stereocenters. The van der Waals surface area contributed by atoms with Crippen LogP contribution in [-0.4, -0.2) is 38.5 Å². The molecule has 0 amide bonds. The van der Waals surface area contributed by atoms with E-state index in [1.165, 1.54) is 12.8 Å². The predicted octanol–water partition coefficient (Wildman–Crippen LogP) is 2.84. The van der Waals surface area contributed by atoms with Crippen LogP contribution in [0, 0.1) is 17.3 Å². The molecule has 19 heavy (non-hydrogen) atoms. The number of hydrogen-bond acceptors (Lipinski definition) is 3. The van der Waals surface area contributed by atoms with Gasteiger partial charge in [0.05, 0.1) is 12.7 Å². The Balaban J connectivity index is 1.63. The van der Waals surface area contributed by atoms with Crippen molar-refractivity contribution in [1.29, 1.82) is 0 Å². The highest BCUT2D eigenvalue weighted by Crippen LogP contribution is 2.51. The Morgan fingerprint density at radius 3 is 2.84 bits per heavy atom. The van der Waals surface area contributed by atoms with E-state index in [0.29, 0.717) is 12.1 Å². The summed E-state index contributed by atoms with van der Waals surface area (Å²) >= 11 is 0. The third kappa shape index (κ3) is 3.50. The summed E-state index contributed by atoms with van der Waals surface area (Å²) in [5.74, 6) is 1.46. The van der Waals surface area contributed by atoms with E-state index in [-0.39, 0.29) is 5.41 Å². The third-order valence-corrected chi connectivity index (χ3v) is 4.78. The maximum Gasteiger partial charge on any atom is 0.0684 e. The minimum atomic E-state index is 0.281. The Kier molecular flexibility index (Phi) is 5.27. The highest BCUT2D eigenvalue weighted by atomic mass is 16.5. The van der Waals surface area contributed by atoms with Gasteiger partial charge in [-0.3, -0.25) is 0 Å². The molecule has 2 fully saturated rings. The van der Waals surface area contributed by atoms with Gasteiger partial charge in [0.15, 0.2) is 0 Å². The Morgan fingerprint density at radius 2 is 2.11 bits per heavy atom. The zero-order valence-corrected chi connectivity index (χ0v) is 13.1. The second-order valence-electron chi connectivity index (χ2n) is 7.15. The average Bonchev–Trinajstić information content (AvgIpc) is 2.37. The topological polar surface area (TPSA) is 30.5 Å². The van der Waals surface area contributed by atoms with E-state index in [1.54, 1.807) is 0 Å². The molecule has 0 aromatic rings. The van der Waals surface area contributed by atoms with Crippen LogP contribution in [0.4, 0.5) is 0 Å². The lowest BCUT2D eigenvalue weighted by Gasteiger charge is -2.60. The van der Waals surface area contributed by atoms with Crippen LogP contribution in [0.3, 0.4) is 0 Å². The van der Waals surface area contributed by atoms with Gasteiger partial charge < -0.3 is 14.8 Å². The zero-order valence-electron chi connectivity index (χ0n) is 13.1. The molecule has 0 aromatic heterocycles. The van der Waals surface area contributed by atoms with Crippen molar-refractivity contribution in [1.82, 2.24) is 5.32 Å². The molecule has 3 unspecified atom stereocenters. The van der Waals surface area contributed by atoms with Crippen molar-refractivity contribution in [3.05, 3.63) is 0 Å². The molecule has 3 nitrogen and oxygen atoms in total. The predicted molar refractivity (Wildman–Crippen MR) is 78.3 cm³/mol. The highest BCUT2D eigenvalue weighted by molar-refractivity contribution is 5.10. The van der Waals surface area contributed by atoms with Crippen LogP contribution in [0.25, 0.3) is 0 Å². The molecule has 0 radical (unpaired) electrons. The van der Waals surface area contributed by atoms with Gasteiger partial charge in [0.25, 0.3) is 0 Å². The summed E-state index contributed by atoms with van der Waals surface area (Å²) in [6.07, 6.45) is 4.17. The molecule has 112 valence electrons. The van der Waals surface area contributed by atoms with Crippen LogP contribution in [-0.2, 0) is 9.47 Å². The third-order valence-electron chi connectivity index (χ3n) is 4.78. The Morgan fingerprint density at radius 1 is 1.32 bits per heavy atom. The molecule has 3 heteroatoms. The summed E-state index contributed by atoms with van der Waals surface area (Å²) in [6, 6.07) is 0.603. The van der Waals surface area contributed by atoms with Gasteiger partial charge in [-0.2, -0.15) is 0 Å². The van der Waals surface area contributed by atoms with E-state index >= 15 is 0 Å². The molecule has 1 heterocycles. The van der Waals surface area contributed by atoms with Gasteiger partial charge in [0, 0.05) is 37.1 Å². The van der Waals surface area contributed by atoms with Gasteiger partial charge >= 0.3 is 0 Å². The van der Waals surface area contributed by atoms with Gasteiger partial charge in [-0.1, -0.05) is 27.7 Å². The smallest absolute Gasteiger partial charge is 0.0684 e. The van der Waals surface area contributed by atoms with E-state index in [2.05, 4.69) is 33.0 Å². The van der Waals surface area contributed by atoms with E-state index in [4.69, 9.17) is 9.47 Å². The van der Waals surface area contributed by atoms with Gasteiger partial charge in [-0.05, 0) is 25.2 Å². The number of nitrogens with one attached hydrogen (secondary N) is 1. The molecule has 1 aliphatic carbocycles. The van der Waals surface area contributed by atoms with E-state index in [0.717, 1.165) is 44.6 Å². The fourth-order valence-electron chi connectivity index (χ4n) is 3.64. The maximum absolute atomic E-state index is 5.92. The Bertz CT molecular complexity index is 278. The van der Waals surface area contributed by atoms with E-state index in [9.17, 15) is 0 Å². The summed E-state index contributed by atoms with van der Waals surface area (Å²) < 4.78 is 11.6.